The Morgan fingerprint density at radius 3 is 2.79 bits per heavy atom. The molecule has 6 heteroatoms. The highest BCUT2D eigenvalue weighted by atomic mass is 32.2. The molecule has 1 amide bonds. The molecule has 2 saturated heterocycles. The van der Waals surface area contributed by atoms with E-state index in [0.717, 1.165) is 48.1 Å². The van der Waals surface area contributed by atoms with E-state index in [-0.39, 0.29) is 0 Å². The summed E-state index contributed by atoms with van der Waals surface area (Å²) in [5, 5.41) is 3.44. The average molecular weight is 350 g/mol. The number of hydrogen-bond acceptors (Lipinski definition) is 5. The van der Waals surface area contributed by atoms with Crippen molar-refractivity contribution >= 4 is 17.7 Å². The number of nitrogens with one attached hydrogen (secondary N) is 1. The number of thioether (sulfide) groups is 1. The highest BCUT2D eigenvalue weighted by Crippen LogP contribution is 2.33. The number of amides is 1. The molecule has 3 rings (SSSR count). The number of fused-ring (bicyclic) bond motifs is 2. The normalized spacial score (nSPS) is 23.0. The number of rotatable bonds is 6. The van der Waals surface area contributed by atoms with Gasteiger partial charge in [0.2, 0.25) is 5.91 Å². The Hall–Kier alpha value is -1.40. The van der Waals surface area contributed by atoms with Crippen molar-refractivity contribution in [2.24, 2.45) is 0 Å². The molecule has 0 radical (unpaired) electrons. The Morgan fingerprint density at radius 1 is 1.21 bits per heavy atom. The van der Waals surface area contributed by atoms with Gasteiger partial charge in [0.25, 0.3) is 0 Å². The van der Waals surface area contributed by atoms with Crippen LogP contribution in [0, 0.1) is 0 Å². The fourth-order valence-corrected chi connectivity index (χ4v) is 4.55. The van der Waals surface area contributed by atoms with Crippen molar-refractivity contribution in [1.82, 2.24) is 10.2 Å². The quantitative estimate of drug-likeness (QED) is 0.799. The van der Waals surface area contributed by atoms with Gasteiger partial charge in [-0.15, -0.1) is 11.8 Å². The van der Waals surface area contributed by atoms with E-state index in [0.29, 0.717) is 24.4 Å². The summed E-state index contributed by atoms with van der Waals surface area (Å²) in [5.41, 5.74) is 0. The molecule has 2 unspecified atom stereocenters. The van der Waals surface area contributed by atoms with Crippen molar-refractivity contribution in [3.05, 3.63) is 18.2 Å². The third-order valence-electron chi connectivity index (χ3n) is 4.88. The lowest BCUT2D eigenvalue weighted by Gasteiger charge is -2.28. The minimum atomic E-state index is 0.305. The van der Waals surface area contributed by atoms with Crippen molar-refractivity contribution in [2.75, 3.05) is 33.1 Å². The molecule has 24 heavy (non-hydrogen) atoms. The Balaban J connectivity index is 1.53. The van der Waals surface area contributed by atoms with E-state index in [1.165, 1.54) is 6.42 Å². The number of nitrogens with zero attached hydrogens (tertiary/aromatic N) is 1. The van der Waals surface area contributed by atoms with E-state index in [2.05, 4.69) is 10.2 Å². The van der Waals surface area contributed by atoms with Gasteiger partial charge >= 0.3 is 0 Å². The zero-order valence-electron chi connectivity index (χ0n) is 14.4. The van der Waals surface area contributed by atoms with E-state index in [4.69, 9.17) is 9.47 Å². The maximum atomic E-state index is 12.7. The predicted octanol–water partition coefficient (Wildman–Crippen LogP) is 2.54. The standard InChI is InChI=1S/C18H26N2O3S/c1-22-16-6-5-15(11-17(16)23-2)24-10-8-18(21)20-13-3-4-14(20)12-19-9-7-13/h5-6,11,13-14,19H,3-4,7-10,12H2,1-2H3. The molecule has 5 nitrogen and oxygen atoms in total. The van der Waals surface area contributed by atoms with Crippen LogP contribution >= 0.6 is 11.8 Å². The van der Waals surface area contributed by atoms with E-state index >= 15 is 0 Å². The van der Waals surface area contributed by atoms with E-state index in [9.17, 15) is 4.79 Å². The van der Waals surface area contributed by atoms with Crippen molar-refractivity contribution in [2.45, 2.75) is 42.7 Å². The lowest BCUT2D eigenvalue weighted by Crippen LogP contribution is -2.42. The fraction of sp³-hybridized carbons (Fsp3) is 0.611. The average Bonchev–Trinajstić information content (AvgIpc) is 2.87. The molecular formula is C18H26N2O3S. The third-order valence-corrected chi connectivity index (χ3v) is 5.88. The van der Waals surface area contributed by atoms with Gasteiger partial charge in [0, 0.05) is 35.7 Å². The van der Waals surface area contributed by atoms with Gasteiger partial charge in [0.05, 0.1) is 14.2 Å². The maximum Gasteiger partial charge on any atom is 0.223 e. The summed E-state index contributed by atoms with van der Waals surface area (Å²) in [4.78, 5) is 15.9. The molecule has 0 aromatic heterocycles. The number of methoxy groups -OCH3 is 2. The van der Waals surface area contributed by atoms with Crippen LogP contribution < -0.4 is 14.8 Å². The van der Waals surface area contributed by atoms with Crippen LogP contribution in [0.4, 0.5) is 0 Å². The summed E-state index contributed by atoms with van der Waals surface area (Å²) < 4.78 is 10.6. The molecular weight excluding hydrogens is 324 g/mol. The van der Waals surface area contributed by atoms with Crippen molar-refractivity contribution < 1.29 is 14.3 Å². The summed E-state index contributed by atoms with van der Waals surface area (Å²) in [6.07, 6.45) is 3.99. The second-order valence-electron chi connectivity index (χ2n) is 6.29. The molecule has 1 aromatic rings. The molecule has 2 heterocycles. The summed E-state index contributed by atoms with van der Waals surface area (Å²) in [6.45, 7) is 1.98. The molecule has 2 aliphatic rings. The first-order valence-electron chi connectivity index (χ1n) is 8.59. The SMILES string of the molecule is COc1ccc(SCCC(=O)N2C3CCNCC2CC3)cc1OC. The second kappa shape index (κ2) is 8.12. The molecule has 2 atom stereocenters. The minimum absolute atomic E-state index is 0.305. The van der Waals surface area contributed by atoms with Gasteiger partial charge in [0.1, 0.15) is 0 Å². The van der Waals surface area contributed by atoms with Gasteiger partial charge in [-0.05, 0) is 44.0 Å². The van der Waals surface area contributed by atoms with Gasteiger partial charge in [-0.2, -0.15) is 0 Å². The Morgan fingerprint density at radius 2 is 2.00 bits per heavy atom. The van der Waals surface area contributed by atoms with Gasteiger partial charge in [-0.1, -0.05) is 0 Å². The molecule has 1 aromatic carbocycles. The number of hydrogen-bond donors (Lipinski definition) is 1. The van der Waals surface area contributed by atoms with Crippen molar-refractivity contribution in [3.63, 3.8) is 0 Å². The fourth-order valence-electron chi connectivity index (χ4n) is 3.68. The molecule has 0 aliphatic carbocycles. The number of carbonyl (C=O) groups excluding carboxylic acids is 1. The van der Waals surface area contributed by atoms with Crippen molar-refractivity contribution in [3.8, 4) is 11.5 Å². The van der Waals surface area contributed by atoms with Gasteiger partial charge in [-0.25, -0.2) is 0 Å². The Bertz CT molecular complexity index is 567. The number of carbonyl (C=O) groups is 1. The topological polar surface area (TPSA) is 50.8 Å². The van der Waals surface area contributed by atoms with Crippen molar-refractivity contribution in [1.29, 1.82) is 0 Å². The van der Waals surface area contributed by atoms with Gasteiger partial charge < -0.3 is 19.7 Å². The zero-order valence-corrected chi connectivity index (χ0v) is 15.2. The Kier molecular flexibility index (Phi) is 5.89. The van der Waals surface area contributed by atoms with Crippen LogP contribution in [-0.4, -0.2) is 56.0 Å². The summed E-state index contributed by atoms with van der Waals surface area (Å²) >= 11 is 1.69. The van der Waals surface area contributed by atoms with Crippen LogP contribution in [0.2, 0.25) is 0 Å². The highest BCUT2D eigenvalue weighted by Gasteiger charge is 2.37. The smallest absolute Gasteiger partial charge is 0.223 e. The summed E-state index contributed by atoms with van der Waals surface area (Å²) in [5.74, 6) is 2.55. The summed E-state index contributed by atoms with van der Waals surface area (Å²) in [6, 6.07) is 6.73. The molecule has 0 spiro atoms. The van der Waals surface area contributed by atoms with Crippen LogP contribution in [0.15, 0.2) is 23.1 Å². The third kappa shape index (κ3) is 3.81. The van der Waals surface area contributed by atoms with Crippen LogP contribution in [0.25, 0.3) is 0 Å². The van der Waals surface area contributed by atoms with Crippen LogP contribution in [0.1, 0.15) is 25.7 Å². The lowest BCUT2D eigenvalue weighted by molar-refractivity contribution is -0.133. The van der Waals surface area contributed by atoms with Crippen LogP contribution in [-0.2, 0) is 4.79 Å². The molecule has 2 fully saturated rings. The Labute approximate surface area is 148 Å². The molecule has 132 valence electrons. The monoisotopic (exact) mass is 350 g/mol. The first-order chi connectivity index (χ1) is 11.7. The molecule has 2 aliphatic heterocycles. The summed E-state index contributed by atoms with van der Waals surface area (Å²) in [7, 11) is 3.27. The first kappa shape index (κ1) is 17.4. The van der Waals surface area contributed by atoms with E-state index in [1.54, 1.807) is 26.0 Å². The lowest BCUT2D eigenvalue weighted by atomic mass is 10.1. The highest BCUT2D eigenvalue weighted by molar-refractivity contribution is 7.99. The first-order valence-corrected chi connectivity index (χ1v) is 9.58. The number of benzene rings is 1. The molecule has 1 N–H and O–H groups in total. The van der Waals surface area contributed by atoms with Gasteiger partial charge in [-0.3, -0.25) is 4.79 Å². The van der Waals surface area contributed by atoms with E-state index < -0.39 is 0 Å². The van der Waals surface area contributed by atoms with Crippen LogP contribution in [0.3, 0.4) is 0 Å². The maximum absolute atomic E-state index is 12.7. The zero-order chi connectivity index (χ0) is 16.9. The largest absolute Gasteiger partial charge is 0.493 e. The molecule has 0 saturated carbocycles. The van der Waals surface area contributed by atoms with E-state index in [1.807, 2.05) is 18.2 Å². The minimum Gasteiger partial charge on any atom is -0.493 e. The predicted molar refractivity (Wildman–Crippen MR) is 96.0 cm³/mol. The van der Waals surface area contributed by atoms with Gasteiger partial charge in [0.15, 0.2) is 11.5 Å². The van der Waals surface area contributed by atoms with Crippen LogP contribution in [0.5, 0.6) is 11.5 Å². The number of ether oxygens (including phenoxy) is 2. The second-order valence-corrected chi connectivity index (χ2v) is 7.46. The molecule has 2 bridgehead atoms.